The smallest absolute Gasteiger partial charge is 0.250 e. The third kappa shape index (κ3) is 13.4. The lowest BCUT2D eigenvalue weighted by molar-refractivity contribution is -0.112. The molecular formula is C54H43ClN6O6. The number of para-hydroxylation sites is 2. The van der Waals surface area contributed by atoms with Crippen LogP contribution >= 0.6 is 11.6 Å². The third-order valence-electron chi connectivity index (χ3n) is 9.49. The van der Waals surface area contributed by atoms with Gasteiger partial charge in [-0.1, -0.05) is 73.8 Å². The molecule has 0 aliphatic carbocycles. The number of amides is 3. The molecular weight excluding hydrogens is 864 g/mol. The average Bonchev–Trinajstić information content (AvgIpc) is 3.35. The van der Waals surface area contributed by atoms with E-state index >= 15 is 0 Å². The van der Waals surface area contributed by atoms with Crippen molar-refractivity contribution in [2.24, 2.45) is 11.5 Å². The fourth-order valence-corrected chi connectivity index (χ4v) is 6.34. The third-order valence-corrected chi connectivity index (χ3v) is 9.64. The first-order valence-corrected chi connectivity index (χ1v) is 20.8. The monoisotopic (exact) mass is 906 g/mol. The highest BCUT2D eigenvalue weighted by Crippen LogP contribution is 2.32. The Balaban J connectivity index is 0.000000202. The minimum Gasteiger partial charge on any atom is -0.457 e. The summed E-state index contributed by atoms with van der Waals surface area (Å²) in [5.41, 5.74) is 24.5. The van der Waals surface area contributed by atoms with Crippen LogP contribution < -0.4 is 32.0 Å². The van der Waals surface area contributed by atoms with Crippen molar-refractivity contribution in [2.45, 2.75) is 0 Å². The largest absolute Gasteiger partial charge is 0.457 e. The van der Waals surface area contributed by atoms with Crippen molar-refractivity contribution >= 4 is 45.9 Å². The Labute approximate surface area is 392 Å². The number of pyridine rings is 2. The number of ether oxygens (including phenoxy) is 2. The first-order chi connectivity index (χ1) is 32.4. The van der Waals surface area contributed by atoms with E-state index in [0.29, 0.717) is 56.8 Å². The number of halogens is 1. The Hall–Kier alpha value is -9.13. The summed E-state index contributed by atoms with van der Waals surface area (Å²) in [5.74, 6) is 1.42. The highest BCUT2D eigenvalue weighted by Gasteiger charge is 2.16. The summed E-state index contributed by atoms with van der Waals surface area (Å²) in [4.78, 5) is 54.5. The highest BCUT2D eigenvalue weighted by atomic mass is 35.5. The molecule has 0 saturated carbocycles. The van der Waals surface area contributed by atoms with E-state index in [4.69, 9.17) is 48.2 Å². The van der Waals surface area contributed by atoms with Gasteiger partial charge in [-0.3, -0.25) is 19.2 Å². The number of primary amides is 2. The lowest BCUT2D eigenvalue weighted by Gasteiger charge is -2.11. The summed E-state index contributed by atoms with van der Waals surface area (Å²) in [5, 5.41) is 2.22. The van der Waals surface area contributed by atoms with Crippen LogP contribution in [-0.2, 0) is 9.59 Å². The molecule has 13 heteroatoms. The molecule has 0 saturated heterocycles. The van der Waals surface area contributed by atoms with Crippen molar-refractivity contribution in [1.82, 2.24) is 9.97 Å². The molecule has 0 unspecified atom stereocenters. The van der Waals surface area contributed by atoms with E-state index in [9.17, 15) is 19.2 Å². The molecule has 0 fully saturated rings. The first kappa shape index (κ1) is 47.4. The van der Waals surface area contributed by atoms with E-state index in [-0.39, 0.29) is 5.91 Å². The molecule has 3 amide bonds. The molecule has 0 bridgehead atoms. The number of nitrogens with zero attached hydrogens (tertiary/aromatic N) is 2. The van der Waals surface area contributed by atoms with Crippen LogP contribution in [0.1, 0.15) is 20.7 Å². The molecule has 6 aromatic carbocycles. The van der Waals surface area contributed by atoms with Gasteiger partial charge < -0.3 is 32.0 Å². The predicted molar refractivity (Wildman–Crippen MR) is 265 cm³/mol. The van der Waals surface area contributed by atoms with Gasteiger partial charge in [0, 0.05) is 33.6 Å². The Morgan fingerprint density at radius 2 is 0.910 bits per heavy atom. The topological polar surface area (TPSA) is 203 Å². The van der Waals surface area contributed by atoms with E-state index in [0.717, 1.165) is 39.8 Å². The molecule has 0 aliphatic rings. The van der Waals surface area contributed by atoms with Crippen LogP contribution in [0.2, 0.25) is 0 Å². The summed E-state index contributed by atoms with van der Waals surface area (Å²) in [6.45, 7) is 6.54. The molecule has 12 nitrogen and oxygen atoms in total. The van der Waals surface area contributed by atoms with Gasteiger partial charge in [-0.25, -0.2) is 9.97 Å². The zero-order valence-electron chi connectivity index (χ0n) is 35.8. The summed E-state index contributed by atoms with van der Waals surface area (Å²) >= 11 is 4.71. The quantitative estimate of drug-likeness (QED) is 0.0493. The normalized spacial score (nSPS) is 10.1. The van der Waals surface area contributed by atoms with Gasteiger partial charge in [-0.05, 0) is 145 Å². The standard InChI is InChI=1S/C27H21N3O3.C24H19N3O2.C3H3ClO/c1-2-25(31)29-20-8-6-7-19(17-20)24-16-15-23(27(28)32)26(30-24)18-11-13-22(14-12-18)33-21-9-4-3-5-10-21;25-18-6-4-5-17(15-18)22-14-13-21(24(26)28)23(27-22)16-9-11-20(12-10-16)29-19-7-2-1-3-8-19;1-2-3(4)5/h2-17H,1H2,(H2,28,32)(H,29,31);1-15H,25H2,(H2,26,28);2H,1H2. The van der Waals surface area contributed by atoms with Crippen molar-refractivity contribution in [2.75, 3.05) is 11.1 Å². The minimum atomic E-state index is -0.569. The predicted octanol–water partition coefficient (Wildman–Crippen LogP) is 11.3. The zero-order valence-corrected chi connectivity index (χ0v) is 36.6. The van der Waals surface area contributed by atoms with Gasteiger partial charge in [0.1, 0.15) is 23.0 Å². The van der Waals surface area contributed by atoms with Crippen molar-refractivity contribution < 1.29 is 28.7 Å². The number of anilines is 2. The van der Waals surface area contributed by atoms with Crippen LogP contribution in [0.4, 0.5) is 11.4 Å². The Morgan fingerprint density at radius 3 is 1.31 bits per heavy atom. The Kier molecular flexibility index (Phi) is 16.2. The van der Waals surface area contributed by atoms with E-state index in [1.165, 1.54) is 6.08 Å². The van der Waals surface area contributed by atoms with Crippen LogP contribution in [0, 0.1) is 0 Å². The van der Waals surface area contributed by atoms with Crippen molar-refractivity contribution in [3.05, 3.63) is 218 Å². The second-order valence-corrected chi connectivity index (χ2v) is 14.6. The summed E-state index contributed by atoms with van der Waals surface area (Å²) in [6.07, 6.45) is 2.25. The number of nitrogen functional groups attached to an aromatic ring is 1. The molecule has 2 heterocycles. The fraction of sp³-hybridized carbons (Fsp3) is 0. The lowest BCUT2D eigenvalue weighted by atomic mass is 10.0. The molecule has 0 radical (unpaired) electrons. The van der Waals surface area contributed by atoms with Crippen LogP contribution in [0.25, 0.3) is 45.0 Å². The zero-order chi connectivity index (χ0) is 47.7. The number of benzene rings is 6. The molecule has 7 N–H and O–H groups in total. The summed E-state index contributed by atoms with van der Waals surface area (Å²) in [7, 11) is 0. The van der Waals surface area contributed by atoms with E-state index in [1.807, 2.05) is 146 Å². The number of aromatic nitrogens is 2. The van der Waals surface area contributed by atoms with E-state index in [1.54, 1.807) is 36.4 Å². The number of rotatable bonds is 13. The fourth-order valence-electron chi connectivity index (χ4n) is 6.34. The molecule has 332 valence electrons. The second kappa shape index (κ2) is 23.0. The highest BCUT2D eigenvalue weighted by molar-refractivity contribution is 6.66. The van der Waals surface area contributed by atoms with Crippen molar-refractivity contribution in [3.8, 4) is 68.0 Å². The first-order valence-electron chi connectivity index (χ1n) is 20.4. The minimum absolute atomic E-state index is 0.303. The van der Waals surface area contributed by atoms with Crippen LogP contribution in [0.3, 0.4) is 0 Å². The molecule has 8 rings (SSSR count). The van der Waals surface area contributed by atoms with Crippen LogP contribution in [0.15, 0.2) is 207 Å². The van der Waals surface area contributed by atoms with Gasteiger partial charge >= 0.3 is 0 Å². The maximum atomic E-state index is 12.1. The van der Waals surface area contributed by atoms with Crippen LogP contribution in [-0.4, -0.2) is 32.9 Å². The number of nitrogens with one attached hydrogen (secondary N) is 1. The summed E-state index contributed by atoms with van der Waals surface area (Å²) in [6, 6.07) is 55.2. The van der Waals surface area contributed by atoms with Crippen LogP contribution in [0.5, 0.6) is 23.0 Å². The van der Waals surface area contributed by atoms with Gasteiger partial charge in [0.2, 0.25) is 11.1 Å². The average molecular weight is 907 g/mol. The summed E-state index contributed by atoms with van der Waals surface area (Å²) < 4.78 is 11.7. The molecule has 0 atom stereocenters. The number of carbonyl (C=O) groups is 4. The van der Waals surface area contributed by atoms with Crippen molar-refractivity contribution in [3.63, 3.8) is 0 Å². The molecule has 67 heavy (non-hydrogen) atoms. The Bertz CT molecular complexity index is 3040. The molecule has 0 spiro atoms. The SMILES string of the molecule is C=CC(=O)Cl.C=CC(=O)Nc1cccc(-c2ccc(C(N)=O)c(-c3ccc(Oc4ccccc4)cc3)n2)c1.NC(=O)c1ccc(-c2cccc(N)c2)nc1-c1ccc(Oc2ccccc2)cc1. The van der Waals surface area contributed by atoms with Gasteiger partial charge in [-0.2, -0.15) is 0 Å². The molecule has 8 aromatic rings. The van der Waals surface area contributed by atoms with Gasteiger partial charge in [-0.15, -0.1) is 0 Å². The van der Waals surface area contributed by atoms with E-state index < -0.39 is 17.1 Å². The maximum Gasteiger partial charge on any atom is 0.250 e. The molecule has 2 aromatic heterocycles. The lowest BCUT2D eigenvalue weighted by Crippen LogP contribution is -2.13. The second-order valence-electron chi connectivity index (χ2n) is 14.2. The van der Waals surface area contributed by atoms with Gasteiger partial charge in [0.05, 0.1) is 33.9 Å². The van der Waals surface area contributed by atoms with Crippen molar-refractivity contribution in [1.29, 1.82) is 0 Å². The Morgan fingerprint density at radius 1 is 0.493 bits per heavy atom. The maximum absolute atomic E-state index is 12.1. The number of carbonyl (C=O) groups excluding carboxylic acids is 4. The van der Waals surface area contributed by atoms with Gasteiger partial charge in [0.25, 0.3) is 11.8 Å². The number of hydrogen-bond acceptors (Lipinski definition) is 9. The molecule has 0 aliphatic heterocycles. The number of hydrogen-bond donors (Lipinski definition) is 4. The number of nitrogens with two attached hydrogens (primary N) is 3. The number of allylic oxidation sites excluding steroid dienone is 1. The van der Waals surface area contributed by atoms with E-state index in [2.05, 4.69) is 18.5 Å². The van der Waals surface area contributed by atoms with Gasteiger partial charge in [0.15, 0.2) is 0 Å².